The number of ether oxygens (including phenoxy) is 1. The van der Waals surface area contributed by atoms with Crippen molar-refractivity contribution in [2.75, 3.05) is 6.61 Å². The van der Waals surface area contributed by atoms with Gasteiger partial charge in [0.05, 0.1) is 29.4 Å². The van der Waals surface area contributed by atoms with Gasteiger partial charge in [0.25, 0.3) is 5.24 Å². The standard InChI is InChI=1S/C17H15FO3.C12H10N2O3S/c18-15-8-6-13(7-9-15)16(19)11-14(17(20)21)10-12-4-2-1-3-5-12;13-7-8-1-3-9(4-2-8)17-6-5-10-11(15)14-12(16)18-10/h1-9,14H,10-11H2,(H,20,21);1-4,10H,5-6H2,(H,14,15,16). The number of aliphatic carboxylic acids is 1. The van der Waals surface area contributed by atoms with Crippen molar-refractivity contribution in [3.05, 3.63) is 101 Å². The second-order valence-corrected chi connectivity index (χ2v) is 9.69. The fourth-order valence-corrected chi connectivity index (χ4v) is 4.41. The highest BCUT2D eigenvalue weighted by Crippen LogP contribution is 2.22. The topological polar surface area (TPSA) is 134 Å². The van der Waals surface area contributed by atoms with Crippen LogP contribution in [-0.4, -0.2) is 39.9 Å². The summed E-state index contributed by atoms with van der Waals surface area (Å²) in [6.07, 6.45) is 0.668. The van der Waals surface area contributed by atoms with Crippen molar-refractivity contribution < 1.29 is 33.4 Å². The molecule has 2 amide bonds. The van der Waals surface area contributed by atoms with Gasteiger partial charge in [0, 0.05) is 18.4 Å². The van der Waals surface area contributed by atoms with Gasteiger partial charge >= 0.3 is 5.97 Å². The number of hydrogen-bond donors (Lipinski definition) is 2. The Morgan fingerprint density at radius 3 is 2.26 bits per heavy atom. The largest absolute Gasteiger partial charge is 0.494 e. The molecule has 200 valence electrons. The van der Waals surface area contributed by atoms with Gasteiger partial charge in [-0.2, -0.15) is 5.26 Å². The van der Waals surface area contributed by atoms with Gasteiger partial charge in [0.2, 0.25) is 5.91 Å². The number of carboxylic acids is 1. The van der Waals surface area contributed by atoms with Gasteiger partial charge in [-0.25, -0.2) is 4.39 Å². The average molecular weight is 549 g/mol. The third-order valence-electron chi connectivity index (χ3n) is 5.67. The monoisotopic (exact) mass is 548 g/mol. The lowest BCUT2D eigenvalue weighted by Gasteiger charge is -2.11. The summed E-state index contributed by atoms with van der Waals surface area (Å²) in [4.78, 5) is 45.6. The molecule has 1 aliphatic rings. The first kappa shape index (κ1) is 29.1. The van der Waals surface area contributed by atoms with Crippen LogP contribution in [0.3, 0.4) is 0 Å². The van der Waals surface area contributed by atoms with Crippen molar-refractivity contribution >= 4 is 34.7 Å². The van der Waals surface area contributed by atoms with Crippen LogP contribution in [0, 0.1) is 23.1 Å². The number of ketones is 1. The van der Waals surface area contributed by atoms with E-state index in [0.717, 1.165) is 17.3 Å². The van der Waals surface area contributed by atoms with Crippen molar-refractivity contribution in [1.29, 1.82) is 5.26 Å². The van der Waals surface area contributed by atoms with Crippen molar-refractivity contribution in [3.8, 4) is 11.8 Å². The Morgan fingerprint density at radius 2 is 1.69 bits per heavy atom. The molecule has 0 spiro atoms. The van der Waals surface area contributed by atoms with Crippen LogP contribution in [0.5, 0.6) is 5.75 Å². The van der Waals surface area contributed by atoms with E-state index in [2.05, 4.69) is 5.32 Å². The maximum atomic E-state index is 12.8. The summed E-state index contributed by atoms with van der Waals surface area (Å²) in [6, 6.07) is 23.1. The number of amides is 2. The number of rotatable bonds is 10. The summed E-state index contributed by atoms with van der Waals surface area (Å²) < 4.78 is 18.3. The molecule has 1 saturated heterocycles. The maximum absolute atomic E-state index is 12.8. The lowest BCUT2D eigenvalue weighted by atomic mass is 9.92. The number of nitrogens with one attached hydrogen (secondary N) is 1. The lowest BCUT2D eigenvalue weighted by molar-refractivity contribution is -0.141. The zero-order chi connectivity index (χ0) is 28.2. The molecule has 3 aromatic carbocycles. The Labute approximate surface area is 228 Å². The first-order valence-electron chi connectivity index (χ1n) is 11.9. The van der Waals surface area contributed by atoms with Gasteiger partial charge in [-0.15, -0.1) is 0 Å². The summed E-state index contributed by atoms with van der Waals surface area (Å²) in [6.45, 7) is 0.351. The normalized spacial score (nSPS) is 14.8. The molecule has 10 heteroatoms. The zero-order valence-electron chi connectivity index (χ0n) is 20.7. The highest BCUT2D eigenvalue weighted by Gasteiger charge is 2.31. The number of carbonyl (C=O) groups excluding carboxylic acids is 3. The van der Waals surface area contributed by atoms with E-state index in [0.29, 0.717) is 36.3 Å². The van der Waals surface area contributed by atoms with Crippen LogP contribution in [0.4, 0.5) is 9.18 Å². The quantitative estimate of drug-likeness (QED) is 0.337. The molecular weight excluding hydrogens is 523 g/mol. The SMILES string of the molecule is N#Cc1ccc(OCCC2SC(=O)NC2=O)cc1.O=C(CC(Cc1ccccc1)C(=O)O)c1ccc(F)cc1. The smallest absolute Gasteiger partial charge is 0.307 e. The molecule has 4 rings (SSSR count). The molecule has 2 N–H and O–H groups in total. The minimum Gasteiger partial charge on any atom is -0.494 e. The lowest BCUT2D eigenvalue weighted by Crippen LogP contribution is -2.25. The van der Waals surface area contributed by atoms with Crippen LogP contribution < -0.4 is 10.1 Å². The van der Waals surface area contributed by atoms with Gasteiger partial charge in [0.1, 0.15) is 11.6 Å². The van der Waals surface area contributed by atoms with Crippen LogP contribution in [0.1, 0.15) is 34.3 Å². The second-order valence-electron chi connectivity index (χ2n) is 8.52. The first-order chi connectivity index (χ1) is 18.7. The number of Topliss-reactive ketones (excluding diaryl/α,β-unsaturated/α-hetero) is 1. The van der Waals surface area contributed by atoms with Crippen LogP contribution in [0.2, 0.25) is 0 Å². The molecule has 0 bridgehead atoms. The van der Waals surface area contributed by atoms with Crippen LogP contribution >= 0.6 is 11.8 Å². The number of benzene rings is 3. The summed E-state index contributed by atoms with van der Waals surface area (Å²) in [5, 5.41) is 19.5. The van der Waals surface area contributed by atoms with E-state index in [1.807, 2.05) is 36.4 Å². The number of thioether (sulfide) groups is 1. The number of hydrogen-bond acceptors (Lipinski definition) is 7. The van der Waals surface area contributed by atoms with E-state index in [1.165, 1.54) is 24.3 Å². The van der Waals surface area contributed by atoms with E-state index >= 15 is 0 Å². The Morgan fingerprint density at radius 1 is 1.03 bits per heavy atom. The van der Waals surface area contributed by atoms with Gasteiger partial charge in [0.15, 0.2) is 5.78 Å². The van der Waals surface area contributed by atoms with Gasteiger partial charge in [-0.05, 0) is 60.5 Å². The fraction of sp³-hybridized carbons (Fsp3) is 0.207. The minimum absolute atomic E-state index is 0.101. The van der Waals surface area contributed by atoms with Crippen LogP contribution in [0.25, 0.3) is 0 Å². The Balaban J connectivity index is 0.000000218. The molecule has 1 fully saturated rings. The molecular formula is C29H25FN2O6S. The van der Waals surface area contributed by atoms with Crippen LogP contribution in [-0.2, 0) is 16.0 Å². The third kappa shape index (κ3) is 9.39. The van der Waals surface area contributed by atoms with Gasteiger partial charge < -0.3 is 9.84 Å². The van der Waals surface area contributed by atoms with E-state index in [9.17, 15) is 28.7 Å². The van der Waals surface area contributed by atoms with E-state index in [4.69, 9.17) is 10.00 Å². The first-order valence-corrected chi connectivity index (χ1v) is 12.8. The van der Waals surface area contributed by atoms with E-state index in [-0.39, 0.29) is 28.6 Å². The fourth-order valence-electron chi connectivity index (χ4n) is 3.62. The van der Waals surface area contributed by atoms with Crippen molar-refractivity contribution in [2.24, 2.45) is 5.92 Å². The second kappa shape index (κ2) is 14.4. The highest BCUT2D eigenvalue weighted by atomic mass is 32.2. The number of nitriles is 1. The van der Waals surface area contributed by atoms with E-state index < -0.39 is 17.7 Å². The summed E-state index contributed by atoms with van der Waals surface area (Å²) >= 11 is 0.992. The molecule has 2 atom stereocenters. The molecule has 0 aromatic heterocycles. The molecule has 1 aliphatic heterocycles. The average Bonchev–Trinajstić information content (AvgIpc) is 3.26. The predicted molar refractivity (Wildman–Crippen MR) is 143 cm³/mol. The van der Waals surface area contributed by atoms with Crippen molar-refractivity contribution in [2.45, 2.75) is 24.5 Å². The molecule has 8 nitrogen and oxygen atoms in total. The Bertz CT molecular complexity index is 1340. The van der Waals surface area contributed by atoms with Gasteiger partial charge in [-0.1, -0.05) is 42.1 Å². The predicted octanol–water partition coefficient (Wildman–Crippen LogP) is 5.02. The number of carboxylic acid groups (broad SMARTS) is 1. The van der Waals surface area contributed by atoms with Crippen molar-refractivity contribution in [1.82, 2.24) is 5.32 Å². The van der Waals surface area contributed by atoms with Gasteiger partial charge in [-0.3, -0.25) is 24.5 Å². The maximum Gasteiger partial charge on any atom is 0.307 e. The third-order valence-corrected chi connectivity index (χ3v) is 6.72. The Kier molecular flexibility index (Phi) is 10.8. The Hall–Kier alpha value is -4.49. The molecule has 0 radical (unpaired) electrons. The summed E-state index contributed by atoms with van der Waals surface area (Å²) in [5.74, 6) is -2.12. The molecule has 3 aromatic rings. The van der Waals surface area contributed by atoms with Crippen LogP contribution in [0.15, 0.2) is 78.9 Å². The van der Waals surface area contributed by atoms with Crippen molar-refractivity contribution in [3.63, 3.8) is 0 Å². The molecule has 39 heavy (non-hydrogen) atoms. The molecule has 2 unspecified atom stereocenters. The number of nitrogens with zero attached hydrogens (tertiary/aromatic N) is 1. The minimum atomic E-state index is -1.01. The number of carbonyl (C=O) groups is 4. The number of halogens is 1. The molecule has 0 saturated carbocycles. The van der Waals surface area contributed by atoms with E-state index in [1.54, 1.807) is 24.3 Å². The molecule has 0 aliphatic carbocycles. The number of imide groups is 1. The zero-order valence-corrected chi connectivity index (χ0v) is 21.5. The molecule has 1 heterocycles. The summed E-state index contributed by atoms with van der Waals surface area (Å²) in [7, 11) is 0. The summed E-state index contributed by atoms with van der Waals surface area (Å²) in [5.41, 5.74) is 1.77. The highest BCUT2D eigenvalue weighted by molar-refractivity contribution is 8.15.